The number of hydrogen-bond acceptors (Lipinski definition) is 3. The van der Waals surface area contributed by atoms with Crippen molar-refractivity contribution < 1.29 is 9.13 Å². The molecule has 0 fully saturated rings. The van der Waals surface area contributed by atoms with Gasteiger partial charge in [0.2, 0.25) is 0 Å². The first-order valence-electron chi connectivity index (χ1n) is 5.63. The Hall–Kier alpha value is -2.35. The van der Waals surface area contributed by atoms with Gasteiger partial charge in [-0.25, -0.2) is 4.39 Å². The van der Waals surface area contributed by atoms with E-state index < -0.39 is 5.82 Å². The van der Waals surface area contributed by atoms with E-state index >= 15 is 0 Å². The van der Waals surface area contributed by atoms with Gasteiger partial charge in [0.15, 0.2) is 17.3 Å². The number of rotatable bonds is 4. The minimum atomic E-state index is -0.558. The highest BCUT2D eigenvalue weighted by Crippen LogP contribution is 2.24. The summed E-state index contributed by atoms with van der Waals surface area (Å²) in [7, 11) is 0. The lowest BCUT2D eigenvalue weighted by Crippen LogP contribution is -1.95. The molecular weight excluding hydrogens is 233 g/mol. The standard InChI is InChI=1S/C13H12FN3O/c1-2-5-17-9-11(8-16-17)18-13-4-3-10(7-15)6-12(13)14/h3-4,6,8-9H,2,5H2,1H3. The summed E-state index contributed by atoms with van der Waals surface area (Å²) in [6.07, 6.45) is 4.21. The Labute approximate surface area is 104 Å². The average molecular weight is 245 g/mol. The van der Waals surface area contributed by atoms with E-state index in [0.29, 0.717) is 5.75 Å². The van der Waals surface area contributed by atoms with Crippen molar-refractivity contribution in [3.05, 3.63) is 42.0 Å². The maximum Gasteiger partial charge on any atom is 0.167 e. The van der Waals surface area contributed by atoms with Gasteiger partial charge in [0.25, 0.3) is 0 Å². The van der Waals surface area contributed by atoms with Crippen molar-refractivity contribution in [2.75, 3.05) is 0 Å². The van der Waals surface area contributed by atoms with Crippen LogP contribution in [0.3, 0.4) is 0 Å². The molecule has 0 unspecified atom stereocenters. The van der Waals surface area contributed by atoms with Crippen molar-refractivity contribution in [1.82, 2.24) is 9.78 Å². The Morgan fingerprint density at radius 3 is 3.00 bits per heavy atom. The first-order valence-corrected chi connectivity index (χ1v) is 5.63. The predicted octanol–water partition coefficient (Wildman–Crippen LogP) is 3.10. The van der Waals surface area contributed by atoms with E-state index in [4.69, 9.17) is 10.00 Å². The molecule has 1 aromatic carbocycles. The number of nitrogens with zero attached hydrogens (tertiary/aromatic N) is 3. The van der Waals surface area contributed by atoms with Crippen LogP contribution in [0.2, 0.25) is 0 Å². The molecule has 0 aliphatic carbocycles. The summed E-state index contributed by atoms with van der Waals surface area (Å²) in [6.45, 7) is 2.84. The van der Waals surface area contributed by atoms with Gasteiger partial charge in [-0.3, -0.25) is 4.68 Å². The Morgan fingerprint density at radius 2 is 2.33 bits per heavy atom. The normalized spacial score (nSPS) is 10.1. The number of hydrogen-bond donors (Lipinski definition) is 0. The van der Waals surface area contributed by atoms with Gasteiger partial charge < -0.3 is 4.74 Å². The lowest BCUT2D eigenvalue weighted by Gasteiger charge is -2.03. The monoisotopic (exact) mass is 245 g/mol. The van der Waals surface area contributed by atoms with Gasteiger partial charge in [-0.15, -0.1) is 0 Å². The molecule has 0 radical (unpaired) electrons. The molecule has 0 aliphatic heterocycles. The quantitative estimate of drug-likeness (QED) is 0.831. The second kappa shape index (κ2) is 5.32. The van der Waals surface area contributed by atoms with Crippen LogP contribution in [0.5, 0.6) is 11.5 Å². The van der Waals surface area contributed by atoms with E-state index in [1.165, 1.54) is 18.3 Å². The maximum atomic E-state index is 13.6. The van der Waals surface area contributed by atoms with Crippen molar-refractivity contribution in [1.29, 1.82) is 5.26 Å². The zero-order chi connectivity index (χ0) is 13.0. The summed E-state index contributed by atoms with van der Waals surface area (Å²) in [6, 6.07) is 5.96. The molecule has 1 heterocycles. The van der Waals surface area contributed by atoms with Gasteiger partial charge in [-0.05, 0) is 24.6 Å². The number of nitriles is 1. The highest BCUT2D eigenvalue weighted by atomic mass is 19.1. The summed E-state index contributed by atoms with van der Waals surface area (Å²) in [5.41, 5.74) is 0.265. The Kier molecular flexibility index (Phi) is 3.58. The molecule has 0 amide bonds. The lowest BCUT2D eigenvalue weighted by atomic mass is 10.2. The van der Waals surface area contributed by atoms with Crippen LogP contribution in [0.25, 0.3) is 0 Å². The minimum Gasteiger partial charge on any atom is -0.451 e. The highest BCUT2D eigenvalue weighted by Gasteiger charge is 2.07. The summed E-state index contributed by atoms with van der Waals surface area (Å²) in [5.74, 6) is 0.00870. The number of aryl methyl sites for hydroxylation is 1. The van der Waals surface area contributed by atoms with E-state index in [2.05, 4.69) is 5.10 Å². The van der Waals surface area contributed by atoms with Crippen LogP contribution in [0.1, 0.15) is 18.9 Å². The van der Waals surface area contributed by atoms with Gasteiger partial charge >= 0.3 is 0 Å². The minimum absolute atomic E-state index is 0.0880. The molecule has 4 nitrogen and oxygen atoms in total. The van der Waals surface area contributed by atoms with Crippen molar-refractivity contribution in [3.8, 4) is 17.6 Å². The van der Waals surface area contributed by atoms with Crippen molar-refractivity contribution in [2.45, 2.75) is 19.9 Å². The number of benzene rings is 1. The third kappa shape index (κ3) is 2.66. The second-order valence-corrected chi connectivity index (χ2v) is 3.80. The van der Waals surface area contributed by atoms with Crippen molar-refractivity contribution >= 4 is 0 Å². The van der Waals surface area contributed by atoms with E-state index in [-0.39, 0.29) is 11.3 Å². The fraction of sp³-hybridized carbons (Fsp3) is 0.231. The average Bonchev–Trinajstić information content (AvgIpc) is 2.80. The predicted molar refractivity (Wildman–Crippen MR) is 63.7 cm³/mol. The molecule has 0 bridgehead atoms. The summed E-state index contributed by atoms with van der Waals surface area (Å²) < 4.78 is 20.7. The van der Waals surface area contributed by atoms with Gasteiger partial charge in [-0.2, -0.15) is 10.4 Å². The van der Waals surface area contributed by atoms with Crippen molar-refractivity contribution in [2.24, 2.45) is 0 Å². The molecule has 0 spiro atoms. The number of halogens is 1. The molecule has 18 heavy (non-hydrogen) atoms. The third-order valence-corrected chi connectivity index (χ3v) is 2.35. The highest BCUT2D eigenvalue weighted by molar-refractivity contribution is 5.37. The topological polar surface area (TPSA) is 50.8 Å². The molecule has 0 N–H and O–H groups in total. The zero-order valence-corrected chi connectivity index (χ0v) is 9.93. The number of aromatic nitrogens is 2. The van der Waals surface area contributed by atoms with Gasteiger partial charge in [-0.1, -0.05) is 6.92 Å². The Bertz CT molecular complexity index is 586. The fourth-order valence-corrected chi connectivity index (χ4v) is 1.53. The van der Waals surface area contributed by atoms with Crippen LogP contribution in [0, 0.1) is 17.1 Å². The maximum absolute atomic E-state index is 13.6. The smallest absolute Gasteiger partial charge is 0.167 e. The largest absolute Gasteiger partial charge is 0.451 e. The first-order chi connectivity index (χ1) is 8.72. The fourth-order valence-electron chi connectivity index (χ4n) is 1.53. The molecular formula is C13H12FN3O. The van der Waals surface area contributed by atoms with Crippen LogP contribution in [-0.4, -0.2) is 9.78 Å². The summed E-state index contributed by atoms with van der Waals surface area (Å²) >= 11 is 0. The molecule has 0 saturated carbocycles. The van der Waals surface area contributed by atoms with Gasteiger partial charge in [0.1, 0.15) is 0 Å². The lowest BCUT2D eigenvalue weighted by molar-refractivity contribution is 0.441. The van der Waals surface area contributed by atoms with E-state index in [9.17, 15) is 4.39 Å². The molecule has 1 aromatic heterocycles. The first kappa shape index (κ1) is 12.1. The van der Waals surface area contributed by atoms with E-state index in [1.54, 1.807) is 10.9 Å². The third-order valence-electron chi connectivity index (χ3n) is 2.35. The molecule has 0 saturated heterocycles. The van der Waals surface area contributed by atoms with Crippen LogP contribution in [-0.2, 0) is 6.54 Å². The Balaban J connectivity index is 2.15. The van der Waals surface area contributed by atoms with Gasteiger partial charge in [0, 0.05) is 6.54 Å². The molecule has 92 valence electrons. The summed E-state index contributed by atoms with van der Waals surface area (Å²) in [5, 5.41) is 12.7. The zero-order valence-electron chi connectivity index (χ0n) is 9.93. The van der Waals surface area contributed by atoms with Crippen LogP contribution in [0.4, 0.5) is 4.39 Å². The Morgan fingerprint density at radius 1 is 1.50 bits per heavy atom. The van der Waals surface area contributed by atoms with E-state index in [1.807, 2.05) is 13.0 Å². The van der Waals surface area contributed by atoms with E-state index in [0.717, 1.165) is 19.0 Å². The molecule has 2 aromatic rings. The summed E-state index contributed by atoms with van der Waals surface area (Å²) in [4.78, 5) is 0. The van der Waals surface area contributed by atoms with Crippen LogP contribution < -0.4 is 4.74 Å². The van der Waals surface area contributed by atoms with Crippen molar-refractivity contribution in [3.63, 3.8) is 0 Å². The SMILES string of the molecule is CCCn1cc(Oc2ccc(C#N)cc2F)cn1. The number of ether oxygens (including phenoxy) is 1. The van der Waals surface area contributed by atoms with Crippen LogP contribution >= 0.6 is 0 Å². The van der Waals surface area contributed by atoms with Gasteiger partial charge in [0.05, 0.1) is 24.0 Å². The second-order valence-electron chi connectivity index (χ2n) is 3.80. The molecule has 0 atom stereocenters. The molecule has 0 aliphatic rings. The van der Waals surface area contributed by atoms with Crippen LogP contribution in [0.15, 0.2) is 30.6 Å². The molecule has 5 heteroatoms. The molecule has 2 rings (SSSR count).